The highest BCUT2D eigenvalue weighted by molar-refractivity contribution is 5.94. The second-order valence-corrected chi connectivity index (χ2v) is 6.43. The maximum Gasteiger partial charge on any atom is 0.355 e. The zero-order chi connectivity index (χ0) is 18.7. The number of nitrogens with zero attached hydrogens (tertiary/aromatic N) is 2. The van der Waals surface area contributed by atoms with Crippen molar-refractivity contribution in [3.8, 4) is 0 Å². The lowest BCUT2D eigenvalue weighted by Crippen LogP contribution is -2.42. The number of carbonyl (C=O) groups excluding carboxylic acids is 1. The zero-order valence-electron chi connectivity index (χ0n) is 14.8. The number of Topliss-reactive ketones (excluding diaryl/α,β-unsaturated/α-hetero) is 1. The van der Waals surface area contributed by atoms with E-state index in [0.29, 0.717) is 31.6 Å². The van der Waals surface area contributed by atoms with Crippen LogP contribution in [0.15, 0.2) is 33.9 Å². The molecule has 2 N–H and O–H groups in total. The van der Waals surface area contributed by atoms with Gasteiger partial charge in [0, 0.05) is 24.8 Å². The van der Waals surface area contributed by atoms with Gasteiger partial charge in [0.05, 0.1) is 6.04 Å². The Morgan fingerprint density at radius 2 is 2.08 bits per heavy atom. The van der Waals surface area contributed by atoms with Gasteiger partial charge in [0.1, 0.15) is 0 Å². The van der Waals surface area contributed by atoms with E-state index in [1.165, 1.54) is 6.92 Å². The number of anilines is 1. The molecule has 0 saturated carbocycles. The third-order valence-corrected chi connectivity index (χ3v) is 4.56. The maximum absolute atomic E-state index is 12.4. The van der Waals surface area contributed by atoms with Crippen LogP contribution >= 0.6 is 0 Å². The van der Waals surface area contributed by atoms with E-state index in [1.807, 2.05) is 13.0 Å². The van der Waals surface area contributed by atoms with Gasteiger partial charge in [-0.2, -0.15) is 4.98 Å². The average molecular weight is 358 g/mol. The third-order valence-electron chi connectivity index (χ3n) is 4.56. The van der Waals surface area contributed by atoms with Crippen molar-refractivity contribution < 1.29 is 9.53 Å². The van der Waals surface area contributed by atoms with E-state index in [0.717, 1.165) is 10.1 Å². The van der Waals surface area contributed by atoms with Crippen LogP contribution in [-0.2, 0) is 4.74 Å². The van der Waals surface area contributed by atoms with E-state index in [1.54, 1.807) is 18.2 Å². The monoisotopic (exact) mass is 358 g/mol. The topological polar surface area (TPSA) is 106 Å². The number of aromatic nitrogens is 3. The summed E-state index contributed by atoms with van der Waals surface area (Å²) in [6.45, 7) is 4.43. The molecule has 0 unspecified atom stereocenters. The molecule has 8 nitrogen and oxygen atoms in total. The number of H-pyrrole nitrogens is 1. The minimum absolute atomic E-state index is 0.0235. The van der Waals surface area contributed by atoms with Gasteiger partial charge in [-0.1, -0.05) is 18.2 Å². The molecule has 26 heavy (non-hydrogen) atoms. The number of hydrogen-bond acceptors (Lipinski definition) is 6. The highest BCUT2D eigenvalue weighted by atomic mass is 16.5. The van der Waals surface area contributed by atoms with Crippen molar-refractivity contribution in [3.63, 3.8) is 0 Å². The molecule has 1 fully saturated rings. The molecule has 3 rings (SSSR count). The van der Waals surface area contributed by atoms with Gasteiger partial charge in [-0.05, 0) is 38.3 Å². The minimum atomic E-state index is -0.576. The maximum atomic E-state index is 12.4. The van der Waals surface area contributed by atoms with Crippen molar-refractivity contribution in [3.05, 3.63) is 56.4 Å². The van der Waals surface area contributed by atoms with Crippen molar-refractivity contribution in [1.29, 1.82) is 0 Å². The first-order valence-electron chi connectivity index (χ1n) is 8.63. The van der Waals surface area contributed by atoms with E-state index >= 15 is 0 Å². The van der Waals surface area contributed by atoms with Gasteiger partial charge >= 0.3 is 11.4 Å². The van der Waals surface area contributed by atoms with Crippen LogP contribution in [0.4, 0.5) is 5.95 Å². The number of hydrogen-bond donors (Lipinski definition) is 2. The Labute approximate surface area is 150 Å². The molecule has 1 aliphatic heterocycles. The Hall–Kier alpha value is -2.74. The Balaban J connectivity index is 1.82. The number of benzene rings is 1. The van der Waals surface area contributed by atoms with Crippen LogP contribution in [0.1, 0.15) is 54.7 Å². The number of rotatable bonds is 5. The smallest absolute Gasteiger partial charge is 0.355 e. The molecule has 1 aromatic heterocycles. The van der Waals surface area contributed by atoms with Crippen LogP contribution in [0.3, 0.4) is 0 Å². The van der Waals surface area contributed by atoms with Gasteiger partial charge in [-0.15, -0.1) is 0 Å². The largest absolute Gasteiger partial charge is 0.381 e. The molecule has 2 aromatic rings. The molecule has 8 heteroatoms. The highest BCUT2D eigenvalue weighted by Crippen LogP contribution is 2.19. The van der Waals surface area contributed by atoms with E-state index in [-0.39, 0.29) is 23.8 Å². The van der Waals surface area contributed by atoms with Crippen molar-refractivity contribution in [2.24, 2.45) is 0 Å². The summed E-state index contributed by atoms with van der Waals surface area (Å²) in [6, 6.07) is 6.76. The molecule has 2 heterocycles. The molecule has 138 valence electrons. The first-order chi connectivity index (χ1) is 12.5. The summed E-state index contributed by atoms with van der Waals surface area (Å²) in [7, 11) is 0. The zero-order valence-corrected chi connectivity index (χ0v) is 14.8. The van der Waals surface area contributed by atoms with Gasteiger partial charge in [0.15, 0.2) is 5.78 Å². The predicted molar refractivity (Wildman–Crippen MR) is 96.7 cm³/mol. The lowest BCUT2D eigenvalue weighted by Gasteiger charge is -2.23. The Bertz CT molecular complexity index is 881. The van der Waals surface area contributed by atoms with Gasteiger partial charge in [-0.3, -0.25) is 9.78 Å². The van der Waals surface area contributed by atoms with Crippen LogP contribution in [0.5, 0.6) is 0 Å². The number of ketones is 1. The summed E-state index contributed by atoms with van der Waals surface area (Å²) in [4.78, 5) is 42.8. The fraction of sp³-hybridized carbons (Fsp3) is 0.444. The molecule has 0 amide bonds. The van der Waals surface area contributed by atoms with E-state index < -0.39 is 11.4 Å². The molecule has 0 radical (unpaired) electrons. The molecule has 0 bridgehead atoms. The third kappa shape index (κ3) is 3.91. The van der Waals surface area contributed by atoms with Gasteiger partial charge in [0.25, 0.3) is 0 Å². The first-order valence-corrected chi connectivity index (χ1v) is 8.63. The molecule has 1 aromatic carbocycles. The summed E-state index contributed by atoms with van der Waals surface area (Å²) in [5.41, 5.74) is 0.401. The molecule has 0 aliphatic carbocycles. The van der Waals surface area contributed by atoms with Crippen LogP contribution in [0.2, 0.25) is 0 Å². The summed E-state index contributed by atoms with van der Waals surface area (Å²) in [5, 5.41) is 3.02. The molecule has 1 atom stereocenters. The second-order valence-electron chi connectivity index (χ2n) is 6.43. The SMILES string of the molecule is CC(=O)c1cccc([C@H](C)Nc2nc(=O)n(C3CCOCC3)c(=O)[nH]2)c1. The van der Waals surface area contributed by atoms with Gasteiger partial charge < -0.3 is 10.1 Å². The quantitative estimate of drug-likeness (QED) is 0.788. The minimum Gasteiger partial charge on any atom is -0.381 e. The lowest BCUT2D eigenvalue weighted by molar-refractivity contribution is 0.0670. The standard InChI is InChI=1S/C18H22N4O4/c1-11(13-4-3-5-14(10-13)12(2)23)19-16-20-17(24)22(18(25)21-16)15-6-8-26-9-7-15/h3-5,10-11,15H,6-9H2,1-2H3,(H2,19,20,21,24,25)/t11-/m0/s1. The van der Waals surface area contributed by atoms with Crippen molar-refractivity contribution in [1.82, 2.24) is 14.5 Å². The van der Waals surface area contributed by atoms with Crippen LogP contribution in [0.25, 0.3) is 0 Å². The Morgan fingerprint density at radius 3 is 2.73 bits per heavy atom. The fourth-order valence-electron chi connectivity index (χ4n) is 3.07. The van der Waals surface area contributed by atoms with E-state index in [2.05, 4.69) is 15.3 Å². The Morgan fingerprint density at radius 1 is 1.35 bits per heavy atom. The van der Waals surface area contributed by atoms with Crippen LogP contribution in [-0.4, -0.2) is 33.5 Å². The fourth-order valence-corrected chi connectivity index (χ4v) is 3.07. The molecule has 1 aliphatic rings. The van der Waals surface area contributed by atoms with Crippen molar-refractivity contribution >= 4 is 11.7 Å². The Kier molecular flexibility index (Phi) is 5.32. The lowest BCUT2D eigenvalue weighted by atomic mass is 10.0. The number of ether oxygens (including phenoxy) is 1. The summed E-state index contributed by atoms with van der Waals surface area (Å²) in [6.07, 6.45) is 1.23. The summed E-state index contributed by atoms with van der Waals surface area (Å²) < 4.78 is 6.43. The first kappa shape index (κ1) is 18.1. The van der Waals surface area contributed by atoms with E-state index in [9.17, 15) is 14.4 Å². The van der Waals surface area contributed by atoms with E-state index in [4.69, 9.17) is 4.74 Å². The van der Waals surface area contributed by atoms with Gasteiger partial charge in [-0.25, -0.2) is 14.2 Å². The number of aromatic amines is 1. The highest BCUT2D eigenvalue weighted by Gasteiger charge is 2.20. The second kappa shape index (κ2) is 7.65. The van der Waals surface area contributed by atoms with Crippen LogP contribution < -0.4 is 16.7 Å². The molecular weight excluding hydrogens is 336 g/mol. The van der Waals surface area contributed by atoms with Crippen molar-refractivity contribution in [2.45, 2.75) is 38.8 Å². The van der Waals surface area contributed by atoms with Crippen LogP contribution in [0, 0.1) is 0 Å². The summed E-state index contributed by atoms with van der Waals surface area (Å²) >= 11 is 0. The number of nitrogens with one attached hydrogen (secondary N) is 2. The molecule has 0 spiro atoms. The van der Waals surface area contributed by atoms with Gasteiger partial charge in [0.2, 0.25) is 5.95 Å². The molecule has 1 saturated heterocycles. The number of carbonyl (C=O) groups is 1. The predicted octanol–water partition coefficient (Wildman–Crippen LogP) is 1.66. The molecular formula is C18H22N4O4. The van der Waals surface area contributed by atoms with Crippen molar-refractivity contribution in [2.75, 3.05) is 18.5 Å². The average Bonchev–Trinajstić information content (AvgIpc) is 2.62. The normalized spacial score (nSPS) is 16.2. The summed E-state index contributed by atoms with van der Waals surface area (Å²) in [5.74, 6) is 0.0914.